The highest BCUT2D eigenvalue weighted by Gasteiger charge is 1.94. The third-order valence-electron chi connectivity index (χ3n) is 1.73. The molecule has 0 heterocycles. The monoisotopic (exact) mass is 179 g/mol. The van der Waals surface area contributed by atoms with E-state index in [1.807, 2.05) is 24.3 Å². The lowest BCUT2D eigenvalue weighted by molar-refractivity contribution is 1.38. The molecule has 0 atom stereocenters. The van der Waals surface area contributed by atoms with Gasteiger partial charge in [-0.05, 0) is 43.5 Å². The highest BCUT2D eigenvalue weighted by atomic mass is 35.5. The molecule has 0 amide bonds. The van der Waals surface area contributed by atoms with Crippen LogP contribution in [0, 0.1) is 6.92 Å². The quantitative estimate of drug-likeness (QED) is 0.645. The Kier molecular flexibility index (Phi) is 3.36. The van der Waals surface area contributed by atoms with E-state index in [1.54, 1.807) is 0 Å². The zero-order valence-corrected chi connectivity index (χ0v) is 7.93. The Bertz CT molecular complexity index is 287. The van der Waals surface area contributed by atoms with E-state index in [0.717, 1.165) is 11.4 Å². The number of hydrogen-bond donors (Lipinski definition) is 0. The van der Waals surface area contributed by atoms with Crippen molar-refractivity contribution in [3.63, 3.8) is 0 Å². The van der Waals surface area contributed by atoms with Gasteiger partial charge < -0.3 is 0 Å². The number of hydrogen-bond acceptors (Lipinski definition) is 0. The Labute approximate surface area is 78.9 Å². The molecule has 1 aromatic rings. The molecule has 0 N–H and O–H groups in total. The molecule has 1 radical (unpaired) electrons. The van der Waals surface area contributed by atoms with E-state index in [9.17, 15) is 0 Å². The third-order valence-corrected chi connectivity index (χ3v) is 1.97. The zero-order valence-electron chi connectivity index (χ0n) is 7.18. The Morgan fingerprint density at radius 1 is 1.58 bits per heavy atom. The van der Waals surface area contributed by atoms with Gasteiger partial charge in [-0.1, -0.05) is 29.8 Å². The first-order valence-electron chi connectivity index (χ1n) is 3.96. The van der Waals surface area contributed by atoms with E-state index < -0.39 is 0 Å². The summed E-state index contributed by atoms with van der Waals surface area (Å²) in [5, 5.41) is 0.782. The van der Waals surface area contributed by atoms with Crippen LogP contribution >= 0.6 is 11.6 Å². The Hall–Kier alpha value is -0.750. The summed E-state index contributed by atoms with van der Waals surface area (Å²) in [5.41, 5.74) is 2.40. The number of benzene rings is 1. The molecule has 0 saturated heterocycles. The molecule has 0 aromatic heterocycles. The first-order chi connectivity index (χ1) is 5.74. The minimum atomic E-state index is 0.782. The predicted molar refractivity (Wildman–Crippen MR) is 55.1 cm³/mol. The highest BCUT2D eigenvalue weighted by molar-refractivity contribution is 6.30. The molecule has 0 bridgehead atoms. The first-order valence-corrected chi connectivity index (χ1v) is 4.34. The summed E-state index contributed by atoms with van der Waals surface area (Å²) in [6.45, 7) is 5.83. The van der Waals surface area contributed by atoms with Crippen LogP contribution < -0.4 is 0 Å². The third kappa shape index (κ3) is 2.38. The van der Waals surface area contributed by atoms with Crippen molar-refractivity contribution in [2.24, 2.45) is 0 Å². The van der Waals surface area contributed by atoms with Crippen LogP contribution in [0.5, 0.6) is 0 Å². The van der Waals surface area contributed by atoms with Crippen molar-refractivity contribution in [1.29, 1.82) is 0 Å². The van der Waals surface area contributed by atoms with Crippen molar-refractivity contribution >= 4 is 17.2 Å². The van der Waals surface area contributed by atoms with Gasteiger partial charge in [-0.3, -0.25) is 0 Å². The summed E-state index contributed by atoms with van der Waals surface area (Å²) >= 11 is 5.85. The molecule has 0 aliphatic heterocycles. The SMILES string of the molecule is [CH2]CC=C(C)c1cccc(Cl)c1. The first kappa shape index (κ1) is 9.34. The van der Waals surface area contributed by atoms with Crippen molar-refractivity contribution < 1.29 is 0 Å². The summed E-state index contributed by atoms with van der Waals surface area (Å²) in [4.78, 5) is 0. The van der Waals surface area contributed by atoms with Crippen LogP contribution in [-0.2, 0) is 0 Å². The fourth-order valence-electron chi connectivity index (χ4n) is 1.07. The largest absolute Gasteiger partial charge is 0.0843 e. The summed E-state index contributed by atoms with van der Waals surface area (Å²) in [6, 6.07) is 7.84. The Morgan fingerprint density at radius 2 is 2.33 bits per heavy atom. The van der Waals surface area contributed by atoms with Crippen LogP contribution in [0.25, 0.3) is 5.57 Å². The molecule has 1 heteroatoms. The van der Waals surface area contributed by atoms with Crippen molar-refractivity contribution in [2.45, 2.75) is 13.3 Å². The van der Waals surface area contributed by atoms with E-state index in [2.05, 4.69) is 19.9 Å². The zero-order chi connectivity index (χ0) is 8.97. The fourth-order valence-corrected chi connectivity index (χ4v) is 1.26. The normalized spacial score (nSPS) is 11.8. The van der Waals surface area contributed by atoms with Crippen LogP contribution in [-0.4, -0.2) is 0 Å². The molecular formula is C11H12Cl. The van der Waals surface area contributed by atoms with Gasteiger partial charge in [-0.25, -0.2) is 0 Å². The molecule has 1 aromatic carbocycles. The molecule has 0 nitrogen and oxygen atoms in total. The van der Waals surface area contributed by atoms with Crippen molar-refractivity contribution in [3.05, 3.63) is 47.9 Å². The minimum Gasteiger partial charge on any atom is -0.0843 e. The van der Waals surface area contributed by atoms with E-state index in [-0.39, 0.29) is 0 Å². The van der Waals surface area contributed by atoms with Crippen molar-refractivity contribution in [3.8, 4) is 0 Å². The molecule has 63 valence electrons. The van der Waals surface area contributed by atoms with Gasteiger partial charge in [0, 0.05) is 5.02 Å². The molecule has 0 aliphatic carbocycles. The smallest absolute Gasteiger partial charge is 0.0412 e. The molecule has 0 saturated carbocycles. The highest BCUT2D eigenvalue weighted by Crippen LogP contribution is 2.18. The second-order valence-electron chi connectivity index (χ2n) is 2.69. The van der Waals surface area contributed by atoms with E-state index in [0.29, 0.717) is 0 Å². The summed E-state index contributed by atoms with van der Waals surface area (Å²) in [7, 11) is 0. The molecular weight excluding hydrogens is 168 g/mol. The maximum absolute atomic E-state index is 5.85. The van der Waals surface area contributed by atoms with Gasteiger partial charge in [-0.15, -0.1) is 0 Å². The van der Waals surface area contributed by atoms with Gasteiger partial charge in [0.05, 0.1) is 0 Å². The average Bonchev–Trinajstić information content (AvgIpc) is 2.05. The van der Waals surface area contributed by atoms with Crippen molar-refractivity contribution in [1.82, 2.24) is 0 Å². The van der Waals surface area contributed by atoms with Gasteiger partial charge in [0.2, 0.25) is 0 Å². The summed E-state index contributed by atoms with van der Waals surface area (Å²) in [5.74, 6) is 0. The number of rotatable bonds is 2. The predicted octanol–water partition coefficient (Wildman–Crippen LogP) is 3.97. The second kappa shape index (κ2) is 4.32. The Balaban J connectivity index is 2.95. The van der Waals surface area contributed by atoms with E-state index >= 15 is 0 Å². The lowest BCUT2D eigenvalue weighted by atomic mass is 10.1. The number of halogens is 1. The second-order valence-corrected chi connectivity index (χ2v) is 3.12. The topological polar surface area (TPSA) is 0 Å². The van der Waals surface area contributed by atoms with Gasteiger partial charge in [0.1, 0.15) is 0 Å². The average molecular weight is 180 g/mol. The van der Waals surface area contributed by atoms with Gasteiger partial charge in [0.25, 0.3) is 0 Å². The van der Waals surface area contributed by atoms with Crippen LogP contribution in [0.15, 0.2) is 30.3 Å². The Morgan fingerprint density at radius 3 is 2.92 bits per heavy atom. The molecule has 0 aliphatic rings. The van der Waals surface area contributed by atoms with Crippen LogP contribution in [0.3, 0.4) is 0 Å². The van der Waals surface area contributed by atoms with Crippen LogP contribution in [0.2, 0.25) is 5.02 Å². The van der Waals surface area contributed by atoms with Gasteiger partial charge in [-0.2, -0.15) is 0 Å². The molecule has 0 fully saturated rings. The van der Waals surface area contributed by atoms with E-state index in [1.165, 1.54) is 11.1 Å². The molecule has 0 unspecified atom stereocenters. The standard InChI is InChI=1S/C11H12Cl/c1-3-5-9(2)10-6-4-7-11(12)8-10/h4-8H,1,3H2,2H3. The summed E-state index contributed by atoms with van der Waals surface area (Å²) in [6.07, 6.45) is 2.91. The maximum atomic E-state index is 5.85. The van der Waals surface area contributed by atoms with Gasteiger partial charge >= 0.3 is 0 Å². The molecule has 1 rings (SSSR count). The number of allylic oxidation sites excluding steroid dienone is 2. The lowest BCUT2D eigenvalue weighted by Gasteiger charge is -2.00. The van der Waals surface area contributed by atoms with Crippen LogP contribution in [0.4, 0.5) is 0 Å². The van der Waals surface area contributed by atoms with Crippen molar-refractivity contribution in [2.75, 3.05) is 0 Å². The fraction of sp³-hybridized carbons (Fsp3) is 0.182. The van der Waals surface area contributed by atoms with Crippen LogP contribution in [0.1, 0.15) is 18.9 Å². The molecule has 12 heavy (non-hydrogen) atoms. The van der Waals surface area contributed by atoms with E-state index in [4.69, 9.17) is 11.6 Å². The minimum absolute atomic E-state index is 0.782. The lowest BCUT2D eigenvalue weighted by Crippen LogP contribution is -1.78. The molecule has 0 spiro atoms. The van der Waals surface area contributed by atoms with Gasteiger partial charge in [0.15, 0.2) is 0 Å². The maximum Gasteiger partial charge on any atom is 0.0412 e. The summed E-state index contributed by atoms with van der Waals surface area (Å²) < 4.78 is 0.